The molecule has 11 nitrogen and oxygen atoms in total. The molecule has 2 unspecified atom stereocenters. The van der Waals surface area contributed by atoms with Gasteiger partial charge in [0.05, 0.1) is 29.5 Å². The highest BCUT2D eigenvalue weighted by Gasteiger charge is 2.42. The van der Waals surface area contributed by atoms with Crippen molar-refractivity contribution in [1.82, 2.24) is 9.80 Å². The molecule has 0 bridgehead atoms. The lowest BCUT2D eigenvalue weighted by Crippen LogP contribution is -2.44. The van der Waals surface area contributed by atoms with Gasteiger partial charge in [0.2, 0.25) is 6.41 Å². The second-order valence-corrected chi connectivity index (χ2v) is 12.6. The SMILES string of the molecule is CCC1=NC(COCCN)=C(N(C=O)CCCN2CCC(c3ccccc3)(c3ccccc3)CC2)C(c2ccc([N+](=O)[O-])cc2)C1C(=O)O. The van der Waals surface area contributed by atoms with E-state index in [1.165, 1.54) is 23.3 Å². The van der Waals surface area contributed by atoms with Crippen molar-refractivity contribution in [2.45, 2.75) is 43.9 Å². The summed E-state index contributed by atoms with van der Waals surface area (Å²) in [6.07, 6.45) is 3.68. The molecule has 3 aromatic carbocycles. The van der Waals surface area contributed by atoms with Crippen LogP contribution in [-0.4, -0.2) is 83.9 Å². The van der Waals surface area contributed by atoms with E-state index >= 15 is 0 Å². The summed E-state index contributed by atoms with van der Waals surface area (Å²) in [5.41, 5.74) is 10.0. The van der Waals surface area contributed by atoms with Gasteiger partial charge in [0.25, 0.3) is 5.69 Å². The standard InChI is InChI=1S/C38H45N5O6/c1-2-32-35(37(45)46)34(28-14-16-31(17-15-28)43(47)48)36(33(40-32)26-49-25-20-39)42(27-44)22-9-21-41-23-18-38(19-24-41,29-10-5-3-6-11-29)30-12-7-4-8-13-30/h3-8,10-17,27,34-35H,2,9,18-26,39H2,1H3,(H,45,46). The van der Waals surface area contributed by atoms with Crippen LogP contribution in [0.25, 0.3) is 0 Å². The molecule has 0 aliphatic carbocycles. The lowest BCUT2D eigenvalue weighted by Gasteiger charge is -2.43. The molecule has 1 saturated heterocycles. The molecule has 2 aliphatic heterocycles. The van der Waals surface area contributed by atoms with Crippen molar-refractivity contribution in [3.63, 3.8) is 0 Å². The fraction of sp³-hybridized carbons (Fsp3) is 0.395. The van der Waals surface area contributed by atoms with Crippen LogP contribution in [0.4, 0.5) is 5.69 Å². The Kier molecular flexibility index (Phi) is 12.1. The summed E-state index contributed by atoms with van der Waals surface area (Å²) in [4.78, 5) is 45.3. The summed E-state index contributed by atoms with van der Waals surface area (Å²) in [5, 5.41) is 21.9. The fourth-order valence-corrected chi connectivity index (χ4v) is 7.38. The summed E-state index contributed by atoms with van der Waals surface area (Å²) in [7, 11) is 0. The zero-order valence-corrected chi connectivity index (χ0v) is 27.9. The van der Waals surface area contributed by atoms with E-state index in [1.807, 2.05) is 19.1 Å². The average molecular weight is 668 g/mol. The van der Waals surface area contributed by atoms with Crippen molar-refractivity contribution < 1.29 is 24.4 Å². The van der Waals surface area contributed by atoms with Crippen molar-refractivity contribution in [3.05, 3.63) is 123 Å². The number of carbonyl (C=O) groups is 2. The number of nitrogens with zero attached hydrogens (tertiary/aromatic N) is 4. The number of rotatable bonds is 16. The minimum absolute atomic E-state index is 0.0450. The minimum Gasteiger partial charge on any atom is -0.481 e. The second-order valence-electron chi connectivity index (χ2n) is 12.6. The van der Waals surface area contributed by atoms with Crippen LogP contribution in [-0.2, 0) is 19.7 Å². The highest BCUT2D eigenvalue weighted by molar-refractivity contribution is 6.04. The van der Waals surface area contributed by atoms with Crippen LogP contribution in [0.15, 0.2) is 101 Å². The zero-order valence-electron chi connectivity index (χ0n) is 27.9. The third-order valence-corrected chi connectivity index (χ3v) is 9.83. The summed E-state index contributed by atoms with van der Waals surface area (Å²) < 4.78 is 5.79. The molecule has 0 aromatic heterocycles. The maximum absolute atomic E-state index is 12.8. The Bertz CT molecular complexity index is 1590. The maximum atomic E-state index is 12.8. The summed E-state index contributed by atoms with van der Waals surface area (Å²) >= 11 is 0. The van der Waals surface area contributed by atoms with Gasteiger partial charge in [-0.05, 0) is 62.0 Å². The van der Waals surface area contributed by atoms with Crippen molar-refractivity contribution >= 4 is 23.8 Å². The van der Waals surface area contributed by atoms with Crippen LogP contribution in [0.5, 0.6) is 0 Å². The summed E-state index contributed by atoms with van der Waals surface area (Å²) in [6.45, 7) is 5.32. The van der Waals surface area contributed by atoms with Crippen LogP contribution < -0.4 is 5.73 Å². The van der Waals surface area contributed by atoms with Gasteiger partial charge < -0.3 is 25.4 Å². The van der Waals surface area contributed by atoms with Crippen LogP contribution >= 0.6 is 0 Å². The number of aliphatic imine (C=N–C) groups is 1. The van der Waals surface area contributed by atoms with E-state index < -0.39 is 22.7 Å². The van der Waals surface area contributed by atoms with Gasteiger partial charge in [-0.2, -0.15) is 0 Å². The Hall–Kier alpha value is -4.71. The Morgan fingerprint density at radius 3 is 2.18 bits per heavy atom. The highest BCUT2D eigenvalue weighted by Crippen LogP contribution is 2.43. The number of ether oxygens (including phenoxy) is 1. The first-order valence-corrected chi connectivity index (χ1v) is 16.9. The first-order chi connectivity index (χ1) is 23.8. The number of aliphatic carboxylic acids is 1. The normalized spacial score (nSPS) is 19.3. The van der Waals surface area contributed by atoms with E-state index in [4.69, 9.17) is 15.5 Å². The molecular weight excluding hydrogens is 622 g/mol. The predicted octanol–water partition coefficient (Wildman–Crippen LogP) is 5.36. The molecule has 2 heterocycles. The van der Waals surface area contributed by atoms with Crippen molar-refractivity contribution in [1.29, 1.82) is 0 Å². The summed E-state index contributed by atoms with van der Waals surface area (Å²) in [5.74, 6) is -2.95. The molecule has 0 radical (unpaired) electrons. The van der Waals surface area contributed by atoms with Gasteiger partial charge in [-0.25, -0.2) is 0 Å². The number of carboxylic acids is 1. The molecule has 0 saturated carbocycles. The number of hydrogen-bond acceptors (Lipinski definition) is 8. The van der Waals surface area contributed by atoms with Gasteiger partial charge >= 0.3 is 5.97 Å². The Labute approximate surface area is 287 Å². The molecule has 2 atom stereocenters. The Morgan fingerprint density at radius 1 is 1.06 bits per heavy atom. The highest BCUT2D eigenvalue weighted by atomic mass is 16.6. The Morgan fingerprint density at radius 2 is 1.67 bits per heavy atom. The third-order valence-electron chi connectivity index (χ3n) is 9.83. The van der Waals surface area contributed by atoms with E-state index in [-0.39, 0.29) is 24.3 Å². The fourth-order valence-electron chi connectivity index (χ4n) is 7.38. The van der Waals surface area contributed by atoms with Crippen molar-refractivity contribution in [3.8, 4) is 0 Å². The second kappa shape index (κ2) is 16.6. The minimum atomic E-state index is -1.08. The number of allylic oxidation sites excluding steroid dienone is 1. The number of carbonyl (C=O) groups excluding carboxylic acids is 1. The molecule has 3 N–H and O–H groups in total. The van der Waals surface area contributed by atoms with Gasteiger partial charge in [0.1, 0.15) is 5.92 Å². The number of nitro benzene ring substituents is 1. The van der Waals surface area contributed by atoms with E-state index in [2.05, 4.69) is 53.4 Å². The lowest BCUT2D eigenvalue weighted by molar-refractivity contribution is -0.384. The molecule has 49 heavy (non-hydrogen) atoms. The van der Waals surface area contributed by atoms with Gasteiger partial charge in [-0.15, -0.1) is 0 Å². The van der Waals surface area contributed by atoms with Crippen LogP contribution in [0, 0.1) is 16.0 Å². The van der Waals surface area contributed by atoms with Crippen LogP contribution in [0.2, 0.25) is 0 Å². The zero-order chi connectivity index (χ0) is 34.8. The number of benzene rings is 3. The first-order valence-electron chi connectivity index (χ1n) is 16.9. The maximum Gasteiger partial charge on any atom is 0.313 e. The molecule has 2 aliphatic rings. The molecule has 0 spiro atoms. The van der Waals surface area contributed by atoms with E-state index in [0.29, 0.717) is 48.6 Å². The monoisotopic (exact) mass is 667 g/mol. The quantitative estimate of drug-likeness (QED) is 0.0897. The van der Waals surface area contributed by atoms with E-state index in [1.54, 1.807) is 17.0 Å². The number of amides is 1. The topological polar surface area (TPSA) is 152 Å². The number of hydrogen-bond donors (Lipinski definition) is 2. The molecule has 11 heteroatoms. The molecule has 5 rings (SSSR count). The van der Waals surface area contributed by atoms with E-state index in [0.717, 1.165) is 38.9 Å². The predicted molar refractivity (Wildman–Crippen MR) is 188 cm³/mol. The average Bonchev–Trinajstić information content (AvgIpc) is 3.14. The Balaban J connectivity index is 1.38. The number of nitrogens with two attached hydrogens (primary N) is 1. The molecule has 1 fully saturated rings. The number of likely N-dealkylation sites (tertiary alicyclic amines) is 1. The smallest absolute Gasteiger partial charge is 0.313 e. The van der Waals surface area contributed by atoms with Crippen molar-refractivity contribution in [2.75, 3.05) is 45.9 Å². The molecular formula is C38H45N5O6. The van der Waals surface area contributed by atoms with Gasteiger partial charge in [0.15, 0.2) is 0 Å². The van der Waals surface area contributed by atoms with E-state index in [9.17, 15) is 24.8 Å². The van der Waals surface area contributed by atoms with Crippen molar-refractivity contribution in [2.24, 2.45) is 16.6 Å². The van der Waals surface area contributed by atoms with Gasteiger partial charge in [0, 0.05) is 42.3 Å². The third kappa shape index (κ3) is 7.96. The number of piperidine rings is 1. The molecule has 1 amide bonds. The first kappa shape index (κ1) is 35.6. The number of carboxylic acid groups (broad SMARTS) is 1. The van der Waals surface area contributed by atoms with Crippen LogP contribution in [0.3, 0.4) is 0 Å². The largest absolute Gasteiger partial charge is 0.481 e. The van der Waals surface area contributed by atoms with Crippen LogP contribution in [0.1, 0.15) is 55.2 Å². The van der Waals surface area contributed by atoms with Gasteiger partial charge in [-0.3, -0.25) is 24.7 Å². The van der Waals surface area contributed by atoms with Gasteiger partial charge in [-0.1, -0.05) is 79.7 Å². The lowest BCUT2D eigenvalue weighted by atomic mass is 9.68. The number of nitro groups is 1. The molecule has 258 valence electrons. The number of non-ortho nitro benzene ring substituents is 1. The molecule has 3 aromatic rings. The summed E-state index contributed by atoms with van der Waals surface area (Å²) in [6, 6.07) is 27.2.